The molecule has 0 aliphatic heterocycles. The van der Waals surface area contributed by atoms with Gasteiger partial charge in [-0.25, -0.2) is 0 Å². The number of hydrogen-bond acceptors (Lipinski definition) is 2. The summed E-state index contributed by atoms with van der Waals surface area (Å²) in [5.41, 5.74) is 0.909. The minimum atomic E-state index is -0.719. The van der Waals surface area contributed by atoms with Crippen LogP contribution in [0.25, 0.3) is 0 Å². The summed E-state index contributed by atoms with van der Waals surface area (Å²) in [7, 11) is 0. The fourth-order valence-corrected chi connectivity index (χ4v) is 3.55. The van der Waals surface area contributed by atoms with Crippen LogP contribution in [0.4, 0.5) is 0 Å². The topological polar surface area (TPSA) is 37.3 Å². The molecule has 86 valence electrons. The molecule has 0 bridgehead atoms. The van der Waals surface area contributed by atoms with Crippen LogP contribution in [-0.2, 0) is 4.79 Å². The second kappa shape index (κ2) is 5.39. The zero-order valence-electron chi connectivity index (χ0n) is 9.13. The first kappa shape index (κ1) is 11.5. The lowest BCUT2D eigenvalue weighted by Crippen LogP contribution is -2.11. The van der Waals surface area contributed by atoms with Crippen molar-refractivity contribution in [2.24, 2.45) is 0 Å². The van der Waals surface area contributed by atoms with Gasteiger partial charge in [-0.15, -0.1) is 11.8 Å². The maximum Gasteiger partial charge on any atom is 0.321 e. The van der Waals surface area contributed by atoms with Gasteiger partial charge in [0.2, 0.25) is 0 Å². The molecule has 0 amide bonds. The highest BCUT2D eigenvalue weighted by Gasteiger charge is 2.26. The number of thioether (sulfide) groups is 1. The molecule has 1 aromatic rings. The molecule has 1 unspecified atom stereocenters. The highest BCUT2D eigenvalue weighted by Crippen LogP contribution is 2.39. The molecule has 2 rings (SSSR count). The SMILES string of the molecule is O=C(O)C(SC1CCCC1)c1ccccc1. The summed E-state index contributed by atoms with van der Waals surface area (Å²) in [5, 5.41) is 9.40. The molecule has 16 heavy (non-hydrogen) atoms. The van der Waals surface area contributed by atoms with Crippen LogP contribution in [0.3, 0.4) is 0 Å². The first-order valence-corrected chi connectivity index (χ1v) is 6.65. The van der Waals surface area contributed by atoms with Crippen LogP contribution in [0.5, 0.6) is 0 Å². The van der Waals surface area contributed by atoms with Gasteiger partial charge in [-0.2, -0.15) is 0 Å². The molecule has 1 atom stereocenters. The van der Waals surface area contributed by atoms with E-state index in [4.69, 9.17) is 0 Å². The summed E-state index contributed by atoms with van der Waals surface area (Å²) in [6, 6.07) is 9.53. The summed E-state index contributed by atoms with van der Waals surface area (Å²) in [6.45, 7) is 0. The smallest absolute Gasteiger partial charge is 0.321 e. The van der Waals surface area contributed by atoms with Crippen LogP contribution in [0.15, 0.2) is 30.3 Å². The van der Waals surface area contributed by atoms with Gasteiger partial charge in [0.15, 0.2) is 0 Å². The quantitative estimate of drug-likeness (QED) is 0.869. The van der Waals surface area contributed by atoms with E-state index >= 15 is 0 Å². The Hall–Kier alpha value is -0.960. The normalized spacial score (nSPS) is 18.5. The van der Waals surface area contributed by atoms with Crippen molar-refractivity contribution in [3.8, 4) is 0 Å². The lowest BCUT2D eigenvalue weighted by atomic mass is 10.1. The second-order valence-corrected chi connectivity index (χ2v) is 5.58. The summed E-state index contributed by atoms with van der Waals surface area (Å²) in [4.78, 5) is 11.3. The number of carboxylic acid groups (broad SMARTS) is 1. The molecule has 1 N–H and O–H groups in total. The third-order valence-electron chi connectivity index (χ3n) is 2.96. The predicted octanol–water partition coefficient (Wildman–Crippen LogP) is 3.49. The summed E-state index contributed by atoms with van der Waals surface area (Å²) < 4.78 is 0. The van der Waals surface area contributed by atoms with Gasteiger partial charge in [-0.1, -0.05) is 43.2 Å². The molecule has 3 heteroatoms. The van der Waals surface area contributed by atoms with Gasteiger partial charge in [0.05, 0.1) is 0 Å². The number of benzene rings is 1. The van der Waals surface area contributed by atoms with Gasteiger partial charge in [0.1, 0.15) is 5.25 Å². The lowest BCUT2D eigenvalue weighted by molar-refractivity contribution is -0.136. The number of hydrogen-bond donors (Lipinski definition) is 1. The molecule has 2 nitrogen and oxygen atoms in total. The van der Waals surface area contributed by atoms with Gasteiger partial charge in [-0.3, -0.25) is 4.79 Å². The molecule has 0 saturated heterocycles. The molecule has 1 aromatic carbocycles. The van der Waals surface area contributed by atoms with E-state index in [0.29, 0.717) is 5.25 Å². The molecular formula is C13H16O2S. The van der Waals surface area contributed by atoms with E-state index in [-0.39, 0.29) is 0 Å². The minimum Gasteiger partial charge on any atom is -0.480 e. The van der Waals surface area contributed by atoms with Crippen molar-refractivity contribution >= 4 is 17.7 Å². The van der Waals surface area contributed by atoms with Crippen LogP contribution in [0, 0.1) is 0 Å². The zero-order chi connectivity index (χ0) is 11.4. The van der Waals surface area contributed by atoms with Gasteiger partial charge < -0.3 is 5.11 Å². The Morgan fingerprint density at radius 1 is 1.25 bits per heavy atom. The first-order chi connectivity index (χ1) is 7.77. The Kier molecular flexibility index (Phi) is 3.88. The Morgan fingerprint density at radius 3 is 2.44 bits per heavy atom. The molecule has 1 fully saturated rings. The summed E-state index contributed by atoms with van der Waals surface area (Å²) >= 11 is 1.61. The number of carbonyl (C=O) groups is 1. The Labute approximate surface area is 100 Å². The number of carboxylic acids is 1. The second-order valence-electron chi connectivity index (χ2n) is 4.17. The minimum absolute atomic E-state index is 0.399. The van der Waals surface area contributed by atoms with Gasteiger partial charge >= 0.3 is 5.97 Å². The lowest BCUT2D eigenvalue weighted by Gasteiger charge is -2.16. The number of rotatable bonds is 4. The number of aliphatic carboxylic acids is 1. The Balaban J connectivity index is 2.08. The average Bonchev–Trinajstić information content (AvgIpc) is 2.79. The van der Waals surface area contributed by atoms with E-state index in [2.05, 4.69) is 0 Å². The van der Waals surface area contributed by atoms with Crippen LogP contribution >= 0.6 is 11.8 Å². The zero-order valence-corrected chi connectivity index (χ0v) is 9.95. The fourth-order valence-electron chi connectivity index (χ4n) is 2.12. The van der Waals surface area contributed by atoms with Crippen LogP contribution in [0.1, 0.15) is 36.5 Å². The van der Waals surface area contributed by atoms with E-state index in [1.807, 2.05) is 30.3 Å². The molecule has 0 heterocycles. The molecule has 0 spiro atoms. The van der Waals surface area contributed by atoms with Crippen LogP contribution in [0.2, 0.25) is 0 Å². The van der Waals surface area contributed by atoms with Gasteiger partial charge in [0.25, 0.3) is 0 Å². The van der Waals surface area contributed by atoms with E-state index in [0.717, 1.165) is 5.56 Å². The highest BCUT2D eigenvalue weighted by atomic mass is 32.2. The molecule has 0 radical (unpaired) electrons. The van der Waals surface area contributed by atoms with Crippen LogP contribution in [-0.4, -0.2) is 16.3 Å². The molecular weight excluding hydrogens is 220 g/mol. The highest BCUT2D eigenvalue weighted by molar-refractivity contribution is 8.00. The van der Waals surface area contributed by atoms with Crippen molar-refractivity contribution < 1.29 is 9.90 Å². The van der Waals surface area contributed by atoms with E-state index < -0.39 is 11.2 Å². The first-order valence-electron chi connectivity index (χ1n) is 5.70. The van der Waals surface area contributed by atoms with Crippen LogP contribution < -0.4 is 0 Å². The van der Waals surface area contributed by atoms with Crippen molar-refractivity contribution in [1.29, 1.82) is 0 Å². The fraction of sp³-hybridized carbons (Fsp3) is 0.462. The molecule has 1 saturated carbocycles. The van der Waals surface area contributed by atoms with Crippen molar-refractivity contribution in [3.05, 3.63) is 35.9 Å². The third kappa shape index (κ3) is 2.79. The van der Waals surface area contributed by atoms with Crippen molar-refractivity contribution in [1.82, 2.24) is 0 Å². The van der Waals surface area contributed by atoms with Gasteiger partial charge in [0, 0.05) is 5.25 Å². The van der Waals surface area contributed by atoms with Gasteiger partial charge in [-0.05, 0) is 18.4 Å². The molecule has 1 aliphatic rings. The maximum atomic E-state index is 11.3. The monoisotopic (exact) mass is 236 g/mol. The predicted molar refractivity (Wildman–Crippen MR) is 66.7 cm³/mol. The summed E-state index contributed by atoms with van der Waals surface area (Å²) in [6.07, 6.45) is 4.83. The van der Waals surface area contributed by atoms with E-state index in [1.165, 1.54) is 25.7 Å². The van der Waals surface area contributed by atoms with Crippen molar-refractivity contribution in [2.75, 3.05) is 0 Å². The summed E-state index contributed by atoms with van der Waals surface area (Å²) in [5.74, 6) is -0.719. The Bertz CT molecular complexity index is 344. The standard InChI is InChI=1S/C13H16O2S/c14-13(15)12(10-6-2-1-3-7-10)16-11-8-4-5-9-11/h1-3,6-7,11-12H,4-5,8-9H2,(H,14,15). The average molecular weight is 236 g/mol. The Morgan fingerprint density at radius 2 is 1.88 bits per heavy atom. The van der Waals surface area contributed by atoms with E-state index in [1.54, 1.807) is 11.8 Å². The largest absolute Gasteiger partial charge is 0.480 e. The van der Waals surface area contributed by atoms with Crippen molar-refractivity contribution in [3.63, 3.8) is 0 Å². The van der Waals surface area contributed by atoms with Crippen molar-refractivity contribution in [2.45, 2.75) is 36.2 Å². The molecule has 0 aromatic heterocycles. The molecule has 1 aliphatic carbocycles. The maximum absolute atomic E-state index is 11.3. The third-order valence-corrected chi connectivity index (χ3v) is 4.56. The van der Waals surface area contributed by atoms with E-state index in [9.17, 15) is 9.90 Å².